The minimum absolute atomic E-state index is 0.157. The highest BCUT2D eigenvalue weighted by molar-refractivity contribution is 8.00. The molecule has 1 aliphatic rings. The van der Waals surface area contributed by atoms with Crippen molar-refractivity contribution in [1.82, 2.24) is 5.32 Å². The molecule has 2 rings (SSSR count). The predicted molar refractivity (Wildman–Crippen MR) is 90.1 cm³/mol. The first-order valence-corrected chi connectivity index (χ1v) is 8.66. The third-order valence-corrected chi connectivity index (χ3v) is 5.88. The molecule has 0 saturated heterocycles. The zero-order chi connectivity index (χ0) is 15.3. The summed E-state index contributed by atoms with van der Waals surface area (Å²) in [7, 11) is 0. The van der Waals surface area contributed by atoms with Gasteiger partial charge in [-0.1, -0.05) is 30.1 Å². The highest BCUT2D eigenvalue weighted by atomic mass is 32.2. The number of oxime groups is 1. The Morgan fingerprint density at radius 1 is 1.43 bits per heavy atom. The number of aryl methyl sites for hydroxylation is 1. The second-order valence-corrected chi connectivity index (χ2v) is 7.10. The van der Waals surface area contributed by atoms with E-state index in [1.165, 1.54) is 31.2 Å². The van der Waals surface area contributed by atoms with Crippen LogP contribution < -0.4 is 11.1 Å². The average Bonchev–Trinajstić information content (AvgIpc) is 2.97. The van der Waals surface area contributed by atoms with E-state index >= 15 is 0 Å². The molecule has 0 amide bonds. The fourth-order valence-corrected chi connectivity index (χ4v) is 3.95. The third kappa shape index (κ3) is 3.92. The molecule has 5 heteroatoms. The first kappa shape index (κ1) is 16.2. The van der Waals surface area contributed by atoms with Crippen molar-refractivity contribution >= 4 is 17.6 Å². The summed E-state index contributed by atoms with van der Waals surface area (Å²) >= 11 is 2.01. The second-order valence-electron chi connectivity index (χ2n) is 5.82. The van der Waals surface area contributed by atoms with Gasteiger partial charge in [0.2, 0.25) is 0 Å². The molecule has 0 unspecified atom stereocenters. The van der Waals surface area contributed by atoms with Crippen LogP contribution in [-0.4, -0.2) is 28.6 Å². The number of rotatable bonds is 6. The van der Waals surface area contributed by atoms with E-state index in [1.54, 1.807) is 0 Å². The Balaban J connectivity index is 1.94. The number of hydrogen-bond acceptors (Lipinski definition) is 4. The second kappa shape index (κ2) is 7.18. The molecule has 1 aromatic rings. The fraction of sp³-hybridized carbons (Fsp3) is 0.562. The van der Waals surface area contributed by atoms with Crippen molar-refractivity contribution in [3.05, 3.63) is 34.9 Å². The van der Waals surface area contributed by atoms with Gasteiger partial charge in [0, 0.05) is 23.4 Å². The summed E-state index contributed by atoms with van der Waals surface area (Å²) < 4.78 is 0.432. The smallest absolute Gasteiger partial charge is 0.170 e. The molecular formula is C16H25N3OS. The Kier molecular flexibility index (Phi) is 5.53. The highest BCUT2D eigenvalue weighted by Gasteiger charge is 2.32. The molecule has 116 valence electrons. The van der Waals surface area contributed by atoms with Crippen LogP contribution in [0.25, 0.3) is 0 Å². The van der Waals surface area contributed by atoms with Crippen LogP contribution in [0.4, 0.5) is 0 Å². The zero-order valence-corrected chi connectivity index (χ0v) is 13.7. The predicted octanol–water partition coefficient (Wildman–Crippen LogP) is 2.85. The first-order chi connectivity index (χ1) is 10.1. The summed E-state index contributed by atoms with van der Waals surface area (Å²) in [4.78, 5) is 0. The van der Waals surface area contributed by atoms with Crippen LogP contribution in [0.1, 0.15) is 42.4 Å². The van der Waals surface area contributed by atoms with Gasteiger partial charge in [0.15, 0.2) is 5.84 Å². The normalized spacial score (nSPS) is 18.1. The largest absolute Gasteiger partial charge is 0.409 e. The van der Waals surface area contributed by atoms with Crippen LogP contribution in [-0.2, 0) is 6.54 Å². The van der Waals surface area contributed by atoms with Gasteiger partial charge in [-0.15, -0.1) is 0 Å². The van der Waals surface area contributed by atoms with Crippen molar-refractivity contribution in [3.63, 3.8) is 0 Å². The molecule has 1 aromatic carbocycles. The molecular weight excluding hydrogens is 282 g/mol. The summed E-state index contributed by atoms with van der Waals surface area (Å²) in [5.41, 5.74) is 8.80. The maximum Gasteiger partial charge on any atom is 0.170 e. The van der Waals surface area contributed by atoms with Gasteiger partial charge in [0.05, 0.1) is 0 Å². The minimum Gasteiger partial charge on any atom is -0.409 e. The Bertz CT molecular complexity index is 510. The topological polar surface area (TPSA) is 70.6 Å². The first-order valence-electron chi connectivity index (χ1n) is 7.43. The van der Waals surface area contributed by atoms with Crippen LogP contribution in [0, 0.1) is 6.92 Å². The summed E-state index contributed by atoms with van der Waals surface area (Å²) in [5.74, 6) is 0.157. The van der Waals surface area contributed by atoms with Crippen LogP contribution in [0.2, 0.25) is 0 Å². The maximum atomic E-state index is 8.72. The fourth-order valence-electron chi connectivity index (χ4n) is 3.01. The highest BCUT2D eigenvalue weighted by Crippen LogP contribution is 2.39. The Morgan fingerprint density at radius 3 is 2.71 bits per heavy atom. The van der Waals surface area contributed by atoms with E-state index in [2.05, 4.69) is 29.7 Å². The van der Waals surface area contributed by atoms with E-state index in [4.69, 9.17) is 10.9 Å². The Morgan fingerprint density at radius 2 is 2.14 bits per heavy atom. The van der Waals surface area contributed by atoms with Gasteiger partial charge in [-0.2, -0.15) is 11.8 Å². The average molecular weight is 307 g/mol. The maximum absolute atomic E-state index is 8.72. The summed E-state index contributed by atoms with van der Waals surface area (Å²) in [5, 5.41) is 15.4. The number of thioether (sulfide) groups is 1. The molecule has 0 aromatic heterocycles. The molecule has 4 nitrogen and oxygen atoms in total. The van der Waals surface area contributed by atoms with Gasteiger partial charge < -0.3 is 16.3 Å². The van der Waals surface area contributed by atoms with Crippen LogP contribution in [0.15, 0.2) is 23.4 Å². The standard InChI is InChI=1S/C16H25N3OS/c1-12-9-13(15(17)19-20)5-6-14(12)10-18-11-16(21-2)7-3-4-8-16/h5-6,9,18,20H,3-4,7-8,10-11H2,1-2H3,(H2,17,19). The van der Waals surface area contributed by atoms with Crippen molar-refractivity contribution in [1.29, 1.82) is 0 Å². The molecule has 0 heterocycles. The van der Waals surface area contributed by atoms with Gasteiger partial charge >= 0.3 is 0 Å². The molecule has 0 bridgehead atoms. The molecule has 4 N–H and O–H groups in total. The van der Waals surface area contributed by atoms with Crippen LogP contribution >= 0.6 is 11.8 Å². The Hall–Kier alpha value is -1.20. The van der Waals surface area contributed by atoms with E-state index in [0.717, 1.165) is 24.2 Å². The number of benzene rings is 1. The zero-order valence-electron chi connectivity index (χ0n) is 12.9. The lowest BCUT2D eigenvalue weighted by Gasteiger charge is -2.27. The van der Waals surface area contributed by atoms with Gasteiger partial charge in [0.1, 0.15) is 0 Å². The van der Waals surface area contributed by atoms with Gasteiger partial charge in [0.25, 0.3) is 0 Å². The van der Waals surface area contributed by atoms with E-state index in [0.29, 0.717) is 4.75 Å². The molecule has 1 fully saturated rings. The molecule has 0 radical (unpaired) electrons. The monoisotopic (exact) mass is 307 g/mol. The van der Waals surface area contributed by atoms with E-state index in [-0.39, 0.29) is 5.84 Å². The molecule has 21 heavy (non-hydrogen) atoms. The summed E-state index contributed by atoms with van der Waals surface area (Å²) in [6.07, 6.45) is 7.58. The van der Waals surface area contributed by atoms with E-state index < -0.39 is 0 Å². The molecule has 1 aliphatic carbocycles. The number of nitrogens with one attached hydrogen (secondary N) is 1. The lowest BCUT2D eigenvalue weighted by molar-refractivity contribution is 0.318. The van der Waals surface area contributed by atoms with Crippen molar-refractivity contribution in [2.75, 3.05) is 12.8 Å². The summed E-state index contributed by atoms with van der Waals surface area (Å²) in [6.45, 7) is 3.99. The number of amidine groups is 1. The number of hydrogen-bond donors (Lipinski definition) is 3. The lowest BCUT2D eigenvalue weighted by atomic mass is 10.0. The van der Waals surface area contributed by atoms with E-state index in [9.17, 15) is 0 Å². The molecule has 0 atom stereocenters. The van der Waals surface area contributed by atoms with Gasteiger partial charge in [-0.05, 0) is 43.2 Å². The molecule has 0 spiro atoms. The van der Waals surface area contributed by atoms with Gasteiger partial charge in [-0.25, -0.2) is 0 Å². The SMILES string of the molecule is CSC1(CNCc2ccc(/C(N)=N/O)cc2C)CCCC1. The number of nitrogens with zero attached hydrogens (tertiary/aromatic N) is 1. The van der Waals surface area contributed by atoms with Crippen molar-refractivity contribution < 1.29 is 5.21 Å². The molecule has 1 saturated carbocycles. The lowest BCUT2D eigenvalue weighted by Crippen LogP contribution is -2.34. The quantitative estimate of drug-likeness (QED) is 0.327. The number of nitrogens with two attached hydrogens (primary N) is 1. The van der Waals surface area contributed by atoms with Gasteiger partial charge in [-0.3, -0.25) is 0 Å². The van der Waals surface area contributed by atoms with E-state index in [1.807, 2.05) is 23.9 Å². The third-order valence-electron chi connectivity index (χ3n) is 4.46. The van der Waals surface area contributed by atoms with Crippen LogP contribution in [0.5, 0.6) is 0 Å². The van der Waals surface area contributed by atoms with Crippen molar-refractivity contribution in [2.45, 2.75) is 43.9 Å². The van der Waals surface area contributed by atoms with Crippen LogP contribution in [0.3, 0.4) is 0 Å². The molecule has 0 aliphatic heterocycles. The minimum atomic E-state index is 0.157. The van der Waals surface area contributed by atoms with Crippen molar-refractivity contribution in [2.24, 2.45) is 10.9 Å². The Labute approximate surface area is 131 Å². The summed E-state index contributed by atoms with van der Waals surface area (Å²) in [6, 6.07) is 5.92. The van der Waals surface area contributed by atoms with Crippen molar-refractivity contribution in [3.8, 4) is 0 Å².